The van der Waals surface area contributed by atoms with E-state index in [9.17, 15) is 9.59 Å². The van der Waals surface area contributed by atoms with E-state index in [0.29, 0.717) is 18.3 Å². The first-order valence-electron chi connectivity index (χ1n) is 5.71. The molecule has 3 aromatic rings. The lowest BCUT2D eigenvalue weighted by Gasteiger charge is -2.09. The van der Waals surface area contributed by atoms with Crippen LogP contribution in [-0.2, 0) is 6.54 Å². The minimum Gasteiger partial charge on any atom is -0.305 e. The summed E-state index contributed by atoms with van der Waals surface area (Å²) >= 11 is 0. The molecule has 5 heteroatoms. The van der Waals surface area contributed by atoms with Crippen LogP contribution in [0.15, 0.2) is 35.4 Å². The molecule has 0 bridgehead atoms. The minimum absolute atomic E-state index is 0.184. The molecule has 18 heavy (non-hydrogen) atoms. The van der Waals surface area contributed by atoms with Gasteiger partial charge in [-0.15, -0.1) is 0 Å². The molecule has 0 fully saturated rings. The number of hydrogen-bond donors (Lipinski definition) is 0. The van der Waals surface area contributed by atoms with Gasteiger partial charge in [0.1, 0.15) is 17.5 Å². The molecule has 0 spiro atoms. The first kappa shape index (κ1) is 10.7. The summed E-state index contributed by atoms with van der Waals surface area (Å²) in [5, 5.41) is 0. The van der Waals surface area contributed by atoms with Crippen LogP contribution in [0.2, 0.25) is 0 Å². The fourth-order valence-corrected chi connectivity index (χ4v) is 2.29. The molecule has 0 saturated carbocycles. The van der Waals surface area contributed by atoms with E-state index in [2.05, 4.69) is 4.98 Å². The molecule has 1 aromatic carbocycles. The third kappa shape index (κ3) is 1.24. The summed E-state index contributed by atoms with van der Waals surface area (Å²) in [6.07, 6.45) is 2.13. The number of carbonyl (C=O) groups excluding carboxylic acids is 1. The molecule has 2 aromatic heterocycles. The van der Waals surface area contributed by atoms with Crippen LogP contribution < -0.4 is 5.56 Å². The third-order valence-electron chi connectivity index (χ3n) is 3.10. The first-order valence-corrected chi connectivity index (χ1v) is 5.71. The van der Waals surface area contributed by atoms with Crippen LogP contribution >= 0.6 is 0 Å². The van der Waals surface area contributed by atoms with E-state index in [4.69, 9.17) is 0 Å². The van der Waals surface area contributed by atoms with Crippen molar-refractivity contribution >= 4 is 22.8 Å². The predicted molar refractivity (Wildman–Crippen MR) is 68.0 cm³/mol. The SMILES string of the molecule is CCn1c(=O)c2c(C=O)ncn2c2ccccc21. The van der Waals surface area contributed by atoms with Crippen LogP contribution in [0.25, 0.3) is 16.6 Å². The Labute approximate surface area is 102 Å². The van der Waals surface area contributed by atoms with E-state index in [1.54, 1.807) is 8.97 Å². The van der Waals surface area contributed by atoms with Gasteiger partial charge in [0.15, 0.2) is 6.29 Å². The van der Waals surface area contributed by atoms with E-state index < -0.39 is 0 Å². The lowest BCUT2D eigenvalue weighted by atomic mass is 10.2. The zero-order chi connectivity index (χ0) is 12.7. The van der Waals surface area contributed by atoms with Crippen LogP contribution in [0.3, 0.4) is 0 Å². The zero-order valence-electron chi connectivity index (χ0n) is 9.83. The largest absolute Gasteiger partial charge is 0.305 e. The monoisotopic (exact) mass is 241 g/mol. The third-order valence-corrected chi connectivity index (χ3v) is 3.10. The first-order chi connectivity index (χ1) is 8.77. The number of rotatable bonds is 2. The van der Waals surface area contributed by atoms with Crippen LogP contribution in [0.1, 0.15) is 17.4 Å². The molecule has 0 aliphatic carbocycles. The standard InChI is InChI=1S/C13H11N3O2/c1-2-15-10-5-3-4-6-11(10)16-8-14-9(7-17)12(16)13(15)18/h3-8H,2H2,1H3. The Balaban J connectivity index is 2.68. The number of aromatic nitrogens is 3. The van der Waals surface area contributed by atoms with Crippen molar-refractivity contribution in [2.75, 3.05) is 0 Å². The molecule has 2 heterocycles. The maximum atomic E-state index is 12.4. The molecular weight excluding hydrogens is 230 g/mol. The molecular formula is C13H11N3O2. The number of imidazole rings is 1. The summed E-state index contributed by atoms with van der Waals surface area (Å²) < 4.78 is 3.33. The smallest absolute Gasteiger partial charge is 0.277 e. The Morgan fingerprint density at radius 3 is 2.67 bits per heavy atom. The summed E-state index contributed by atoms with van der Waals surface area (Å²) in [7, 11) is 0. The van der Waals surface area contributed by atoms with Crippen molar-refractivity contribution in [1.82, 2.24) is 14.0 Å². The number of nitrogens with zero attached hydrogens (tertiary/aromatic N) is 3. The van der Waals surface area contributed by atoms with E-state index in [0.717, 1.165) is 11.0 Å². The lowest BCUT2D eigenvalue weighted by molar-refractivity contribution is 0.112. The molecule has 0 aliphatic heterocycles. The number of hydrogen-bond acceptors (Lipinski definition) is 3. The van der Waals surface area contributed by atoms with Gasteiger partial charge in [0, 0.05) is 6.54 Å². The van der Waals surface area contributed by atoms with Gasteiger partial charge >= 0.3 is 0 Å². The Hall–Kier alpha value is -2.43. The highest BCUT2D eigenvalue weighted by Gasteiger charge is 2.13. The predicted octanol–water partition coefficient (Wildman–Crippen LogP) is 1.48. The molecule has 0 unspecified atom stereocenters. The highest BCUT2D eigenvalue weighted by molar-refractivity contribution is 5.87. The molecule has 0 saturated heterocycles. The van der Waals surface area contributed by atoms with E-state index >= 15 is 0 Å². The van der Waals surface area contributed by atoms with Crippen molar-refractivity contribution < 1.29 is 4.79 Å². The number of para-hydroxylation sites is 2. The quantitative estimate of drug-likeness (QED) is 0.638. The van der Waals surface area contributed by atoms with Gasteiger partial charge < -0.3 is 4.57 Å². The Morgan fingerprint density at radius 2 is 2.00 bits per heavy atom. The second-order valence-corrected chi connectivity index (χ2v) is 4.00. The summed E-state index contributed by atoms with van der Waals surface area (Å²) in [6.45, 7) is 2.46. The maximum absolute atomic E-state index is 12.4. The van der Waals surface area contributed by atoms with Crippen molar-refractivity contribution in [3.8, 4) is 0 Å². The molecule has 3 rings (SSSR count). The second kappa shape index (κ2) is 3.80. The fraction of sp³-hybridized carbons (Fsp3) is 0.154. The van der Waals surface area contributed by atoms with E-state index in [-0.39, 0.29) is 11.3 Å². The van der Waals surface area contributed by atoms with Gasteiger partial charge in [-0.05, 0) is 19.1 Å². The topological polar surface area (TPSA) is 56.4 Å². The molecule has 0 aliphatic rings. The normalized spacial score (nSPS) is 11.2. The number of benzene rings is 1. The Kier molecular flexibility index (Phi) is 2.26. The summed E-state index contributed by atoms with van der Waals surface area (Å²) in [5.74, 6) is 0. The van der Waals surface area contributed by atoms with Crippen LogP contribution in [0.4, 0.5) is 0 Å². The van der Waals surface area contributed by atoms with E-state index in [1.165, 1.54) is 6.33 Å². The maximum Gasteiger partial charge on any atom is 0.277 e. The zero-order valence-corrected chi connectivity index (χ0v) is 9.83. The van der Waals surface area contributed by atoms with Gasteiger partial charge in [-0.3, -0.25) is 14.0 Å². The van der Waals surface area contributed by atoms with Crippen molar-refractivity contribution in [2.24, 2.45) is 0 Å². The molecule has 0 radical (unpaired) electrons. The lowest BCUT2D eigenvalue weighted by Crippen LogP contribution is -2.22. The van der Waals surface area contributed by atoms with E-state index in [1.807, 2.05) is 31.2 Å². The summed E-state index contributed by atoms with van der Waals surface area (Å²) in [4.78, 5) is 27.3. The van der Waals surface area contributed by atoms with Crippen LogP contribution in [0, 0.1) is 0 Å². The van der Waals surface area contributed by atoms with Crippen molar-refractivity contribution in [1.29, 1.82) is 0 Å². The van der Waals surface area contributed by atoms with Gasteiger partial charge in [-0.1, -0.05) is 12.1 Å². The van der Waals surface area contributed by atoms with Crippen LogP contribution in [0.5, 0.6) is 0 Å². The van der Waals surface area contributed by atoms with Gasteiger partial charge in [-0.2, -0.15) is 0 Å². The van der Waals surface area contributed by atoms with Gasteiger partial charge in [0.2, 0.25) is 0 Å². The fourth-order valence-electron chi connectivity index (χ4n) is 2.29. The number of fused-ring (bicyclic) bond motifs is 3. The number of aldehydes is 1. The highest BCUT2D eigenvalue weighted by Crippen LogP contribution is 2.15. The van der Waals surface area contributed by atoms with Crippen LogP contribution in [-0.4, -0.2) is 20.2 Å². The van der Waals surface area contributed by atoms with Crippen molar-refractivity contribution in [3.05, 3.63) is 46.6 Å². The Bertz CT molecular complexity index is 814. The summed E-state index contributed by atoms with van der Waals surface area (Å²) in [6, 6.07) is 7.58. The van der Waals surface area contributed by atoms with Gasteiger partial charge in [0.05, 0.1) is 11.0 Å². The summed E-state index contributed by atoms with van der Waals surface area (Å²) in [5.41, 5.74) is 2.05. The molecule has 0 N–H and O–H groups in total. The minimum atomic E-state index is -0.184. The van der Waals surface area contributed by atoms with Gasteiger partial charge in [0.25, 0.3) is 5.56 Å². The molecule has 90 valence electrons. The molecule has 5 nitrogen and oxygen atoms in total. The number of aryl methyl sites for hydroxylation is 1. The highest BCUT2D eigenvalue weighted by atomic mass is 16.1. The van der Waals surface area contributed by atoms with Crippen molar-refractivity contribution in [3.63, 3.8) is 0 Å². The second-order valence-electron chi connectivity index (χ2n) is 4.00. The van der Waals surface area contributed by atoms with Crippen molar-refractivity contribution in [2.45, 2.75) is 13.5 Å². The molecule has 0 amide bonds. The Morgan fingerprint density at radius 1 is 1.28 bits per heavy atom. The van der Waals surface area contributed by atoms with Gasteiger partial charge in [-0.25, -0.2) is 4.98 Å². The molecule has 0 atom stereocenters. The average molecular weight is 241 g/mol. The number of carbonyl (C=O) groups is 1. The average Bonchev–Trinajstić information content (AvgIpc) is 2.84.